The average molecular weight is 658 g/mol. The SMILES string of the molecule is C=CC(=O)N1C[C@H](C)N(C2NC(=O)N3C4NC(C(F)CC42)C2C(F)CCCC2Cc2cnnn2CC2CCNC(C(C)C)C23)C[C@H]1C. The van der Waals surface area contributed by atoms with E-state index in [9.17, 15) is 9.59 Å². The fourth-order valence-electron chi connectivity index (χ4n) is 10.3. The second-order valence-electron chi connectivity index (χ2n) is 15.6. The number of nitrogens with zero attached hydrogens (tertiary/aromatic N) is 6. The number of hydrogen-bond donors (Lipinski definition) is 3. The highest BCUT2D eigenvalue weighted by Crippen LogP contribution is 2.45. The molecule has 3 N–H and O–H groups in total. The van der Waals surface area contributed by atoms with Gasteiger partial charge in [0.15, 0.2) is 0 Å². The van der Waals surface area contributed by atoms with Gasteiger partial charge < -0.3 is 20.4 Å². The minimum absolute atomic E-state index is 0.0127. The highest BCUT2D eigenvalue weighted by molar-refractivity contribution is 5.87. The molecule has 5 fully saturated rings. The zero-order chi connectivity index (χ0) is 33.1. The third-order valence-corrected chi connectivity index (χ3v) is 12.5. The van der Waals surface area contributed by atoms with Gasteiger partial charge in [0.25, 0.3) is 0 Å². The molecule has 4 saturated heterocycles. The van der Waals surface area contributed by atoms with Crippen LogP contribution in [0.1, 0.15) is 65.5 Å². The molecule has 2 bridgehead atoms. The van der Waals surface area contributed by atoms with Crippen LogP contribution in [0, 0.1) is 29.6 Å². The van der Waals surface area contributed by atoms with E-state index in [0.717, 1.165) is 31.5 Å². The van der Waals surface area contributed by atoms with E-state index < -0.39 is 36.6 Å². The molecule has 47 heavy (non-hydrogen) atoms. The van der Waals surface area contributed by atoms with Gasteiger partial charge in [0, 0.05) is 61.6 Å². The Kier molecular flexibility index (Phi) is 9.10. The largest absolute Gasteiger partial charge is 0.334 e. The maximum Gasteiger partial charge on any atom is 0.320 e. The number of halogens is 2. The Morgan fingerprint density at radius 2 is 1.87 bits per heavy atom. The lowest BCUT2D eigenvalue weighted by Crippen LogP contribution is -2.80. The molecule has 11 nitrogen and oxygen atoms in total. The summed E-state index contributed by atoms with van der Waals surface area (Å²) in [4.78, 5) is 33.4. The predicted octanol–water partition coefficient (Wildman–Crippen LogP) is 2.69. The molecule has 1 aromatic heterocycles. The monoisotopic (exact) mass is 657 g/mol. The molecule has 5 aliphatic heterocycles. The number of alkyl halides is 2. The first-order chi connectivity index (χ1) is 22.6. The molecule has 13 heteroatoms. The number of piperidine rings is 2. The summed E-state index contributed by atoms with van der Waals surface area (Å²) in [7, 11) is 0. The van der Waals surface area contributed by atoms with Gasteiger partial charge in [0.2, 0.25) is 5.91 Å². The van der Waals surface area contributed by atoms with Crippen molar-refractivity contribution in [2.45, 2.75) is 128 Å². The number of amides is 3. The molecule has 11 unspecified atom stereocenters. The fourth-order valence-corrected chi connectivity index (χ4v) is 10.3. The summed E-state index contributed by atoms with van der Waals surface area (Å²) in [6.07, 6.45) is 3.58. The lowest BCUT2D eigenvalue weighted by Gasteiger charge is -2.60. The molecule has 3 amide bonds. The van der Waals surface area contributed by atoms with Gasteiger partial charge in [-0.25, -0.2) is 18.3 Å². The van der Waals surface area contributed by atoms with Gasteiger partial charge in [0.05, 0.1) is 30.3 Å². The van der Waals surface area contributed by atoms with Crippen molar-refractivity contribution in [2.24, 2.45) is 29.6 Å². The number of fused-ring (bicyclic) bond motifs is 6. The second kappa shape index (κ2) is 13.0. The molecule has 1 saturated carbocycles. The van der Waals surface area contributed by atoms with Gasteiger partial charge in [-0.05, 0) is 70.4 Å². The number of hydrogen-bond acceptors (Lipinski definition) is 7. The summed E-state index contributed by atoms with van der Waals surface area (Å²) in [6, 6.07) is -1.23. The van der Waals surface area contributed by atoms with Crippen LogP contribution in [0.2, 0.25) is 0 Å². The van der Waals surface area contributed by atoms with Crippen LogP contribution in [-0.4, -0.2) is 116 Å². The zero-order valence-electron chi connectivity index (χ0n) is 28.3. The Hall–Kier alpha value is -2.64. The number of carbonyl (C=O) groups excluding carboxylic acids is 2. The number of nitrogens with one attached hydrogen (secondary N) is 3. The van der Waals surface area contributed by atoms with Crippen LogP contribution in [0.15, 0.2) is 18.9 Å². The van der Waals surface area contributed by atoms with Crippen molar-refractivity contribution in [2.75, 3.05) is 19.6 Å². The van der Waals surface area contributed by atoms with Crippen molar-refractivity contribution in [3.63, 3.8) is 0 Å². The fraction of sp³-hybridized carbons (Fsp3) is 0.824. The van der Waals surface area contributed by atoms with Crippen LogP contribution >= 0.6 is 0 Å². The van der Waals surface area contributed by atoms with Crippen molar-refractivity contribution < 1.29 is 18.4 Å². The lowest BCUT2D eigenvalue weighted by atomic mass is 9.68. The van der Waals surface area contributed by atoms with E-state index in [-0.39, 0.29) is 66.2 Å². The molecule has 1 aromatic rings. The maximum absolute atomic E-state index is 16.8. The molecule has 6 heterocycles. The molecular formula is C34H53F2N9O2. The van der Waals surface area contributed by atoms with E-state index in [1.165, 1.54) is 6.08 Å². The van der Waals surface area contributed by atoms with Crippen molar-refractivity contribution in [1.29, 1.82) is 0 Å². The van der Waals surface area contributed by atoms with E-state index in [2.05, 4.69) is 58.5 Å². The van der Waals surface area contributed by atoms with Gasteiger partial charge in [-0.2, -0.15) is 0 Å². The van der Waals surface area contributed by atoms with Crippen molar-refractivity contribution in [3.8, 4) is 0 Å². The lowest BCUT2D eigenvalue weighted by molar-refractivity contribution is -0.137. The molecule has 0 spiro atoms. The van der Waals surface area contributed by atoms with Crippen LogP contribution in [-0.2, 0) is 17.8 Å². The average Bonchev–Trinajstić information content (AvgIpc) is 3.47. The molecule has 0 radical (unpaired) electrons. The first-order valence-corrected chi connectivity index (χ1v) is 18.0. The van der Waals surface area contributed by atoms with Gasteiger partial charge >= 0.3 is 6.03 Å². The standard InChI is InChI=1S/C34H53F2N9O2/c1-6-27(46)42-15-20(5)43(16-19(42)4)32-24-13-26(36)30-28-21(8-7-9-25(28)35)12-23-14-38-41-44(23)17-22-10-11-37-29(18(2)3)31(22)45(33(24)39-30)34(47)40-32/h6,14,18-22,24-26,28-33,37,39H,1,7-13,15-17H2,2-5H3,(H,40,47)/t19-,20+,21?,22?,24?,25?,26?,28?,29?,30?,31?,32?,33?/m1/s1. The molecular weight excluding hydrogens is 604 g/mol. The Labute approximate surface area is 277 Å². The van der Waals surface area contributed by atoms with Crippen LogP contribution < -0.4 is 16.0 Å². The van der Waals surface area contributed by atoms with Gasteiger partial charge in [-0.3, -0.25) is 15.0 Å². The Morgan fingerprint density at radius 1 is 1.06 bits per heavy atom. The molecule has 13 atom stereocenters. The van der Waals surface area contributed by atoms with E-state index in [1.54, 1.807) is 6.20 Å². The zero-order valence-corrected chi connectivity index (χ0v) is 28.3. The second-order valence-corrected chi connectivity index (χ2v) is 15.6. The topological polar surface area (TPSA) is 111 Å². The van der Waals surface area contributed by atoms with E-state index in [4.69, 9.17) is 0 Å². The smallest absolute Gasteiger partial charge is 0.320 e. The first kappa shape index (κ1) is 32.9. The van der Waals surface area contributed by atoms with Gasteiger partial charge in [0.1, 0.15) is 12.3 Å². The summed E-state index contributed by atoms with van der Waals surface area (Å²) >= 11 is 0. The predicted molar refractivity (Wildman–Crippen MR) is 173 cm³/mol. The quantitative estimate of drug-likeness (QED) is 0.429. The minimum atomic E-state index is -1.28. The Bertz CT molecular complexity index is 1330. The van der Waals surface area contributed by atoms with E-state index >= 15 is 8.78 Å². The third kappa shape index (κ3) is 5.77. The van der Waals surface area contributed by atoms with Crippen molar-refractivity contribution in [1.82, 2.24) is 45.6 Å². The van der Waals surface area contributed by atoms with Crippen LogP contribution in [0.5, 0.6) is 0 Å². The molecule has 0 aromatic carbocycles. The highest BCUT2D eigenvalue weighted by Gasteiger charge is 2.58. The van der Waals surface area contributed by atoms with Crippen molar-refractivity contribution in [3.05, 3.63) is 24.5 Å². The number of carbonyl (C=O) groups is 2. The molecule has 6 aliphatic rings. The first-order valence-electron chi connectivity index (χ1n) is 18.0. The normalized spacial score (nSPS) is 42.7. The Balaban J connectivity index is 1.31. The van der Waals surface area contributed by atoms with Gasteiger partial charge in [-0.15, -0.1) is 5.10 Å². The van der Waals surface area contributed by atoms with Crippen LogP contribution in [0.25, 0.3) is 0 Å². The summed E-state index contributed by atoms with van der Waals surface area (Å²) < 4.78 is 34.9. The number of rotatable bonds is 3. The number of urea groups is 1. The molecule has 1 aliphatic carbocycles. The molecule has 7 rings (SSSR count). The Morgan fingerprint density at radius 3 is 2.64 bits per heavy atom. The minimum Gasteiger partial charge on any atom is -0.334 e. The van der Waals surface area contributed by atoms with E-state index in [0.29, 0.717) is 32.5 Å². The highest BCUT2D eigenvalue weighted by atomic mass is 19.1. The molecule has 260 valence electrons. The summed E-state index contributed by atoms with van der Waals surface area (Å²) in [5.74, 6) is -0.622. The van der Waals surface area contributed by atoms with Crippen LogP contribution in [0.4, 0.5) is 13.6 Å². The number of piperazine rings is 1. The third-order valence-electron chi connectivity index (χ3n) is 12.5. The maximum atomic E-state index is 16.8. The van der Waals surface area contributed by atoms with Gasteiger partial charge in [-0.1, -0.05) is 32.1 Å². The number of aromatic nitrogens is 3. The van der Waals surface area contributed by atoms with Crippen LogP contribution in [0.3, 0.4) is 0 Å². The van der Waals surface area contributed by atoms with E-state index in [1.807, 2.05) is 21.4 Å². The summed E-state index contributed by atoms with van der Waals surface area (Å²) in [5.41, 5.74) is 0.967. The summed E-state index contributed by atoms with van der Waals surface area (Å²) in [6.45, 7) is 14.6. The summed E-state index contributed by atoms with van der Waals surface area (Å²) in [5, 5.41) is 19.6. The van der Waals surface area contributed by atoms with Crippen molar-refractivity contribution >= 4 is 11.9 Å².